The number of nitrogens with zero attached hydrogens (tertiary/aromatic N) is 5. The fourth-order valence-electron chi connectivity index (χ4n) is 2.86. The number of unbranched alkanes of at least 4 members (excludes halogenated alkanes) is 1. The highest BCUT2D eigenvalue weighted by Crippen LogP contribution is 2.22. The van der Waals surface area contributed by atoms with E-state index in [1.165, 1.54) is 28.9 Å². The molecule has 0 spiro atoms. The van der Waals surface area contributed by atoms with E-state index < -0.39 is 11.5 Å². The van der Waals surface area contributed by atoms with E-state index >= 15 is 0 Å². The molecule has 0 saturated heterocycles. The maximum atomic E-state index is 12.8. The summed E-state index contributed by atoms with van der Waals surface area (Å²) in [5.74, 6) is -0.893. The van der Waals surface area contributed by atoms with Crippen LogP contribution in [-0.4, -0.2) is 30.8 Å². The third-order valence-corrected chi connectivity index (χ3v) is 4.86. The molecular weight excluding hydrogens is 408 g/mol. The standard InChI is InChI=1S/C20H21ClN6O3/c1-4-5-6-15-11(2)22-20(23-17(15)21)27-18(28)16(12(3)26-27)25-24-14-9-7-13(8-10-14)19(29)30/h7-10,26H,4-6H2,1-3H3,(H,29,30). The Balaban J connectivity index is 1.92. The largest absolute Gasteiger partial charge is 0.478 e. The average molecular weight is 429 g/mol. The van der Waals surface area contributed by atoms with Crippen LogP contribution in [0.5, 0.6) is 0 Å². The highest BCUT2D eigenvalue weighted by molar-refractivity contribution is 6.30. The minimum absolute atomic E-state index is 0.102. The van der Waals surface area contributed by atoms with Crippen LogP contribution < -0.4 is 5.56 Å². The number of rotatable bonds is 7. The van der Waals surface area contributed by atoms with Crippen molar-refractivity contribution in [2.75, 3.05) is 0 Å². The fourth-order valence-corrected chi connectivity index (χ4v) is 3.17. The predicted octanol–water partition coefficient (Wildman–Crippen LogP) is 4.68. The van der Waals surface area contributed by atoms with Gasteiger partial charge in [0.15, 0.2) is 5.69 Å². The second kappa shape index (κ2) is 9.00. The maximum absolute atomic E-state index is 12.8. The smallest absolute Gasteiger partial charge is 0.335 e. The van der Waals surface area contributed by atoms with Crippen LogP contribution >= 0.6 is 11.6 Å². The van der Waals surface area contributed by atoms with Crippen LogP contribution in [0.1, 0.15) is 47.1 Å². The molecule has 0 aliphatic rings. The first kappa shape index (κ1) is 21.4. The van der Waals surface area contributed by atoms with Gasteiger partial charge in [-0.25, -0.2) is 9.78 Å². The third-order valence-electron chi connectivity index (χ3n) is 4.55. The van der Waals surface area contributed by atoms with E-state index in [0.717, 1.165) is 30.5 Å². The van der Waals surface area contributed by atoms with Crippen LogP contribution in [0.25, 0.3) is 5.95 Å². The molecule has 0 aliphatic carbocycles. The zero-order valence-electron chi connectivity index (χ0n) is 16.8. The van der Waals surface area contributed by atoms with Gasteiger partial charge >= 0.3 is 11.5 Å². The number of aromatic carboxylic acids is 1. The molecule has 2 N–H and O–H groups in total. The number of carboxylic acid groups (broad SMARTS) is 1. The van der Waals surface area contributed by atoms with Gasteiger partial charge in [-0.3, -0.25) is 9.89 Å². The van der Waals surface area contributed by atoms with Crippen molar-refractivity contribution in [3.63, 3.8) is 0 Å². The third kappa shape index (κ3) is 4.46. The number of nitrogens with one attached hydrogen (secondary N) is 1. The molecule has 156 valence electrons. The maximum Gasteiger partial charge on any atom is 0.335 e. The van der Waals surface area contributed by atoms with Crippen molar-refractivity contribution < 1.29 is 9.90 Å². The molecule has 0 amide bonds. The highest BCUT2D eigenvalue weighted by atomic mass is 35.5. The van der Waals surface area contributed by atoms with E-state index in [1.807, 2.05) is 6.92 Å². The van der Waals surface area contributed by atoms with Crippen molar-refractivity contribution in [2.24, 2.45) is 10.2 Å². The normalized spacial score (nSPS) is 11.3. The Morgan fingerprint density at radius 1 is 1.20 bits per heavy atom. The summed E-state index contributed by atoms with van der Waals surface area (Å²) < 4.78 is 1.18. The summed E-state index contributed by atoms with van der Waals surface area (Å²) >= 11 is 6.33. The molecular formula is C20H21ClN6O3. The first-order valence-corrected chi connectivity index (χ1v) is 9.79. The van der Waals surface area contributed by atoms with E-state index in [2.05, 4.69) is 32.2 Å². The molecule has 0 fully saturated rings. The quantitative estimate of drug-likeness (QED) is 0.417. The Labute approximate surface area is 177 Å². The van der Waals surface area contributed by atoms with Gasteiger partial charge in [-0.05, 0) is 51.0 Å². The molecule has 30 heavy (non-hydrogen) atoms. The van der Waals surface area contributed by atoms with Crippen LogP contribution in [-0.2, 0) is 6.42 Å². The summed E-state index contributed by atoms with van der Waals surface area (Å²) in [6.07, 6.45) is 2.78. The number of azo groups is 1. The van der Waals surface area contributed by atoms with Gasteiger partial charge in [-0.1, -0.05) is 24.9 Å². The second-order valence-corrected chi connectivity index (χ2v) is 7.12. The average Bonchev–Trinajstić information content (AvgIpc) is 2.99. The van der Waals surface area contributed by atoms with E-state index in [9.17, 15) is 9.59 Å². The first-order chi connectivity index (χ1) is 14.3. The van der Waals surface area contributed by atoms with Gasteiger partial charge in [0.05, 0.1) is 16.9 Å². The Kier molecular flexibility index (Phi) is 6.41. The number of aromatic nitrogens is 4. The molecule has 0 aliphatic heterocycles. The van der Waals surface area contributed by atoms with E-state index in [1.54, 1.807) is 6.92 Å². The van der Waals surface area contributed by atoms with Crippen LogP contribution in [0.2, 0.25) is 5.15 Å². The lowest BCUT2D eigenvalue weighted by Gasteiger charge is -2.09. The number of halogens is 1. The van der Waals surface area contributed by atoms with Gasteiger partial charge in [-0.15, -0.1) is 5.11 Å². The molecule has 9 nitrogen and oxygen atoms in total. The first-order valence-electron chi connectivity index (χ1n) is 9.42. The SMILES string of the molecule is CCCCc1c(C)nc(-n2[nH]c(C)c(N=Nc3ccc(C(=O)O)cc3)c2=O)nc1Cl. The number of hydrogen-bond acceptors (Lipinski definition) is 6. The molecule has 0 saturated carbocycles. The van der Waals surface area contributed by atoms with Crippen molar-refractivity contribution >= 4 is 28.9 Å². The van der Waals surface area contributed by atoms with Gasteiger partial charge < -0.3 is 5.11 Å². The van der Waals surface area contributed by atoms with E-state index in [-0.39, 0.29) is 17.2 Å². The molecule has 3 aromatic rings. The van der Waals surface area contributed by atoms with Gasteiger partial charge in [-0.2, -0.15) is 14.8 Å². The van der Waals surface area contributed by atoms with Crippen molar-refractivity contribution in [1.82, 2.24) is 19.7 Å². The molecule has 0 bridgehead atoms. The number of carboxylic acids is 1. The Morgan fingerprint density at radius 3 is 2.50 bits per heavy atom. The summed E-state index contributed by atoms with van der Waals surface area (Å²) in [6, 6.07) is 5.85. The van der Waals surface area contributed by atoms with Crippen molar-refractivity contribution in [3.8, 4) is 5.95 Å². The molecule has 10 heteroatoms. The summed E-state index contributed by atoms with van der Waals surface area (Å²) in [5.41, 5.74) is 2.28. The highest BCUT2D eigenvalue weighted by Gasteiger charge is 2.17. The Morgan fingerprint density at radius 2 is 1.90 bits per heavy atom. The summed E-state index contributed by atoms with van der Waals surface area (Å²) in [5, 5.41) is 20.2. The van der Waals surface area contributed by atoms with Crippen molar-refractivity contribution in [1.29, 1.82) is 0 Å². The van der Waals surface area contributed by atoms with E-state index in [0.29, 0.717) is 16.5 Å². The number of aryl methyl sites for hydroxylation is 2. The molecule has 2 aromatic heterocycles. The van der Waals surface area contributed by atoms with Gasteiger partial charge in [0.2, 0.25) is 0 Å². The van der Waals surface area contributed by atoms with Crippen LogP contribution in [0.4, 0.5) is 11.4 Å². The second-order valence-electron chi connectivity index (χ2n) is 6.76. The van der Waals surface area contributed by atoms with Crippen LogP contribution in [0, 0.1) is 13.8 Å². The lowest BCUT2D eigenvalue weighted by atomic mass is 10.1. The van der Waals surface area contributed by atoms with Crippen molar-refractivity contribution in [3.05, 3.63) is 62.3 Å². The molecule has 0 atom stereocenters. The molecule has 1 aromatic carbocycles. The van der Waals surface area contributed by atoms with Crippen LogP contribution in [0.3, 0.4) is 0 Å². The summed E-state index contributed by atoms with van der Waals surface area (Å²) in [6.45, 7) is 5.62. The lowest BCUT2D eigenvalue weighted by molar-refractivity contribution is 0.0697. The van der Waals surface area contributed by atoms with Crippen molar-refractivity contribution in [2.45, 2.75) is 40.0 Å². The Hall–Kier alpha value is -3.33. The minimum atomic E-state index is -1.03. The predicted molar refractivity (Wildman–Crippen MR) is 113 cm³/mol. The molecule has 2 heterocycles. The minimum Gasteiger partial charge on any atom is -0.478 e. The number of aromatic amines is 1. The zero-order chi connectivity index (χ0) is 21.8. The lowest BCUT2D eigenvalue weighted by Crippen LogP contribution is -2.18. The molecule has 0 radical (unpaired) electrons. The topological polar surface area (TPSA) is 126 Å². The monoisotopic (exact) mass is 428 g/mol. The number of benzene rings is 1. The van der Waals surface area contributed by atoms with Gasteiger partial charge in [0, 0.05) is 11.3 Å². The summed E-state index contributed by atoms with van der Waals surface area (Å²) in [7, 11) is 0. The van der Waals surface area contributed by atoms with Gasteiger partial charge in [0.1, 0.15) is 5.15 Å². The number of H-pyrrole nitrogens is 1. The number of carbonyl (C=O) groups is 1. The van der Waals surface area contributed by atoms with E-state index in [4.69, 9.17) is 16.7 Å². The Bertz CT molecular complexity index is 1140. The number of hydrogen-bond donors (Lipinski definition) is 2. The van der Waals surface area contributed by atoms with Gasteiger partial charge in [0.25, 0.3) is 5.95 Å². The molecule has 0 unspecified atom stereocenters. The fraction of sp³-hybridized carbons (Fsp3) is 0.300. The van der Waals surface area contributed by atoms with Crippen LogP contribution in [0.15, 0.2) is 39.3 Å². The molecule has 3 rings (SSSR count). The summed E-state index contributed by atoms with van der Waals surface area (Å²) in [4.78, 5) is 32.4. The zero-order valence-corrected chi connectivity index (χ0v) is 17.6.